The maximum atomic E-state index is 12.8. The number of anilines is 1. The lowest BCUT2D eigenvalue weighted by atomic mass is 9.77. The number of benzene rings is 1. The molecular formula is C16H11ClF3NO4. The van der Waals surface area contributed by atoms with Crippen molar-refractivity contribution in [3.05, 3.63) is 40.9 Å². The molecule has 1 aromatic rings. The fourth-order valence-electron chi connectivity index (χ4n) is 3.89. The molecule has 0 saturated carbocycles. The molecule has 1 aromatic carbocycles. The lowest BCUT2D eigenvalue weighted by molar-refractivity contribution is -0.146. The number of fused-ring (bicyclic) bond motifs is 1. The molecule has 4 atom stereocenters. The average Bonchev–Trinajstić information content (AvgIpc) is 3.14. The summed E-state index contributed by atoms with van der Waals surface area (Å²) >= 11 is 5.97. The van der Waals surface area contributed by atoms with E-state index in [4.69, 9.17) is 16.3 Å². The van der Waals surface area contributed by atoms with Crippen LogP contribution in [0.2, 0.25) is 5.02 Å². The van der Waals surface area contributed by atoms with E-state index in [1.165, 1.54) is 4.90 Å². The predicted octanol–water partition coefficient (Wildman–Crippen LogP) is 2.73. The van der Waals surface area contributed by atoms with E-state index in [2.05, 4.69) is 0 Å². The van der Waals surface area contributed by atoms with Gasteiger partial charge in [0.25, 0.3) is 0 Å². The fourth-order valence-corrected chi connectivity index (χ4v) is 4.17. The van der Waals surface area contributed by atoms with Crippen LogP contribution in [0.3, 0.4) is 0 Å². The Hall–Kier alpha value is -2.06. The Balaban J connectivity index is 1.72. The molecule has 9 heteroatoms. The largest absolute Gasteiger partial charge is 0.481 e. The lowest BCUT2D eigenvalue weighted by Gasteiger charge is -2.22. The second-order valence-electron chi connectivity index (χ2n) is 6.33. The number of carboxylic acid groups (broad SMARTS) is 1. The van der Waals surface area contributed by atoms with E-state index in [0.29, 0.717) is 0 Å². The number of carbonyl (C=O) groups is 2. The minimum atomic E-state index is -4.55. The maximum absolute atomic E-state index is 12.8. The van der Waals surface area contributed by atoms with Gasteiger partial charge in [0.15, 0.2) is 0 Å². The summed E-state index contributed by atoms with van der Waals surface area (Å²) in [6.07, 6.45) is -1.94. The Morgan fingerprint density at radius 3 is 2.72 bits per heavy atom. The van der Waals surface area contributed by atoms with E-state index < -0.39 is 47.2 Å². The van der Waals surface area contributed by atoms with Gasteiger partial charge in [-0.05, 0) is 18.2 Å². The van der Waals surface area contributed by atoms with Crippen LogP contribution in [0.4, 0.5) is 18.9 Å². The summed E-state index contributed by atoms with van der Waals surface area (Å²) < 4.78 is 44.0. The van der Waals surface area contributed by atoms with Crippen molar-refractivity contribution in [3.63, 3.8) is 0 Å². The fraction of sp³-hybridized carbons (Fsp3) is 0.375. The number of rotatable bonds is 2. The standard InChI is InChI=1S/C16H11ClF3NO4/c17-8-5-7(16(18,19)20)1-2-9(8)21-6-15-4-3-10(25-15)11(14(23)24)12(15)13(21)22/h1-5,10-12H,6H2,(H,23,24)/t10-,11+,12+,15-/m0/s1. The molecule has 25 heavy (non-hydrogen) atoms. The number of alkyl halides is 3. The minimum Gasteiger partial charge on any atom is -0.481 e. The molecule has 0 unspecified atom stereocenters. The molecule has 4 rings (SSSR count). The molecule has 1 spiro atoms. The highest BCUT2D eigenvalue weighted by Crippen LogP contribution is 2.53. The number of nitrogens with zero attached hydrogens (tertiary/aromatic N) is 1. The van der Waals surface area contributed by atoms with Gasteiger partial charge in [0.05, 0.1) is 34.8 Å². The molecule has 1 amide bonds. The van der Waals surface area contributed by atoms with Crippen LogP contribution < -0.4 is 4.90 Å². The van der Waals surface area contributed by atoms with Gasteiger partial charge in [-0.1, -0.05) is 23.8 Å². The molecule has 0 aromatic heterocycles. The number of hydrogen-bond acceptors (Lipinski definition) is 3. The molecule has 0 aliphatic carbocycles. The van der Waals surface area contributed by atoms with Crippen LogP contribution in [0.15, 0.2) is 30.4 Å². The first kappa shape index (κ1) is 16.4. The summed E-state index contributed by atoms with van der Waals surface area (Å²) in [5, 5.41) is 9.17. The molecule has 2 fully saturated rings. The van der Waals surface area contributed by atoms with Crippen LogP contribution in [0.25, 0.3) is 0 Å². The Labute approximate surface area is 144 Å². The zero-order chi connectivity index (χ0) is 18.1. The quantitative estimate of drug-likeness (QED) is 0.809. The Bertz CT molecular complexity index is 824. The van der Waals surface area contributed by atoms with Crippen LogP contribution in [-0.2, 0) is 20.5 Å². The molecule has 0 radical (unpaired) electrons. The average molecular weight is 374 g/mol. The highest BCUT2D eigenvalue weighted by Gasteiger charge is 2.67. The zero-order valence-electron chi connectivity index (χ0n) is 12.5. The Morgan fingerprint density at radius 2 is 2.12 bits per heavy atom. The number of hydrogen-bond donors (Lipinski definition) is 1. The second kappa shape index (κ2) is 4.98. The van der Waals surface area contributed by atoms with Gasteiger partial charge in [-0.25, -0.2) is 0 Å². The van der Waals surface area contributed by atoms with Gasteiger partial charge in [0, 0.05) is 0 Å². The number of aliphatic carboxylic acids is 1. The first-order valence-corrected chi connectivity index (χ1v) is 7.80. The van der Waals surface area contributed by atoms with Crippen LogP contribution in [-0.4, -0.2) is 35.2 Å². The van der Waals surface area contributed by atoms with Gasteiger partial charge in [0.1, 0.15) is 11.5 Å². The third-order valence-corrected chi connectivity index (χ3v) is 5.25. The van der Waals surface area contributed by atoms with Crippen LogP contribution >= 0.6 is 11.6 Å². The third kappa shape index (κ3) is 2.20. The summed E-state index contributed by atoms with van der Waals surface area (Å²) in [6, 6.07) is 2.70. The van der Waals surface area contributed by atoms with Gasteiger partial charge in [-0.3, -0.25) is 9.59 Å². The van der Waals surface area contributed by atoms with E-state index in [0.717, 1.165) is 18.2 Å². The summed E-state index contributed by atoms with van der Waals surface area (Å²) in [4.78, 5) is 25.5. The van der Waals surface area contributed by atoms with Crippen LogP contribution in [0, 0.1) is 11.8 Å². The van der Waals surface area contributed by atoms with Crippen molar-refractivity contribution in [1.82, 2.24) is 0 Å². The van der Waals surface area contributed by atoms with Crippen LogP contribution in [0.1, 0.15) is 5.56 Å². The molecule has 3 aliphatic rings. The molecule has 3 heterocycles. The van der Waals surface area contributed by atoms with E-state index in [9.17, 15) is 27.9 Å². The molecule has 3 aliphatic heterocycles. The van der Waals surface area contributed by atoms with E-state index in [-0.39, 0.29) is 17.3 Å². The summed E-state index contributed by atoms with van der Waals surface area (Å²) in [5.74, 6) is -3.59. The first-order chi connectivity index (χ1) is 11.6. The van der Waals surface area contributed by atoms with Gasteiger partial charge in [0.2, 0.25) is 5.91 Å². The molecule has 132 valence electrons. The third-order valence-electron chi connectivity index (χ3n) is 4.95. The smallest absolute Gasteiger partial charge is 0.416 e. The number of halogens is 4. The molecule has 2 bridgehead atoms. The predicted molar refractivity (Wildman–Crippen MR) is 80.2 cm³/mol. The Morgan fingerprint density at radius 1 is 1.40 bits per heavy atom. The van der Waals surface area contributed by atoms with Crippen LogP contribution in [0.5, 0.6) is 0 Å². The number of carbonyl (C=O) groups excluding carboxylic acids is 1. The van der Waals surface area contributed by atoms with Gasteiger partial charge in [-0.15, -0.1) is 0 Å². The van der Waals surface area contributed by atoms with Crippen molar-refractivity contribution < 1.29 is 32.6 Å². The number of amides is 1. The summed E-state index contributed by atoms with van der Waals surface area (Å²) in [7, 11) is 0. The topological polar surface area (TPSA) is 66.8 Å². The monoisotopic (exact) mass is 373 g/mol. The zero-order valence-corrected chi connectivity index (χ0v) is 13.2. The maximum Gasteiger partial charge on any atom is 0.416 e. The van der Waals surface area contributed by atoms with Gasteiger partial charge in [-0.2, -0.15) is 13.2 Å². The SMILES string of the molecule is O=C(O)[C@@H]1[C@@H]2C=C[C@@]3(CN(c4ccc(C(F)(F)F)cc4Cl)C(=O)[C@@H]13)O2. The van der Waals surface area contributed by atoms with Crippen molar-refractivity contribution in [2.45, 2.75) is 17.9 Å². The van der Waals surface area contributed by atoms with E-state index in [1.54, 1.807) is 12.2 Å². The summed E-state index contributed by atoms with van der Waals surface area (Å²) in [6.45, 7) is 0.0123. The number of carboxylic acids is 1. The highest BCUT2D eigenvalue weighted by atomic mass is 35.5. The lowest BCUT2D eigenvalue weighted by Crippen LogP contribution is -2.39. The van der Waals surface area contributed by atoms with Crippen molar-refractivity contribution in [2.24, 2.45) is 11.8 Å². The van der Waals surface area contributed by atoms with E-state index >= 15 is 0 Å². The van der Waals surface area contributed by atoms with Gasteiger partial charge >= 0.3 is 12.1 Å². The molecular weight excluding hydrogens is 363 g/mol. The molecule has 5 nitrogen and oxygen atoms in total. The molecule has 2 saturated heterocycles. The van der Waals surface area contributed by atoms with E-state index in [1.807, 2.05) is 0 Å². The normalized spacial score (nSPS) is 33.2. The van der Waals surface area contributed by atoms with Crippen molar-refractivity contribution in [2.75, 3.05) is 11.4 Å². The summed E-state index contributed by atoms with van der Waals surface area (Å²) in [5.41, 5.74) is -1.89. The minimum absolute atomic E-state index is 0.0123. The molecule has 1 N–H and O–H groups in total. The van der Waals surface area contributed by atoms with Crippen molar-refractivity contribution >= 4 is 29.2 Å². The number of ether oxygens (including phenoxy) is 1. The Kier molecular flexibility index (Phi) is 3.27. The van der Waals surface area contributed by atoms with Gasteiger partial charge < -0.3 is 14.7 Å². The van der Waals surface area contributed by atoms with Crippen molar-refractivity contribution in [1.29, 1.82) is 0 Å². The van der Waals surface area contributed by atoms with Crippen molar-refractivity contribution in [3.8, 4) is 0 Å². The first-order valence-electron chi connectivity index (χ1n) is 7.42. The second-order valence-corrected chi connectivity index (χ2v) is 6.73. The highest BCUT2D eigenvalue weighted by molar-refractivity contribution is 6.34.